The van der Waals surface area contributed by atoms with Gasteiger partial charge in [0, 0.05) is 18.7 Å². The molecule has 0 bridgehead atoms. The number of hydrogen-bond donors (Lipinski definition) is 1. The van der Waals surface area contributed by atoms with Crippen LogP contribution in [-0.2, 0) is 6.54 Å². The Morgan fingerprint density at radius 2 is 1.84 bits per heavy atom. The molecule has 0 atom stereocenters. The summed E-state index contributed by atoms with van der Waals surface area (Å²) in [6, 6.07) is 6.70. The second-order valence-corrected chi connectivity index (χ2v) is 4.48. The zero-order valence-electron chi connectivity index (χ0n) is 11.8. The number of nitrogens with zero attached hydrogens (tertiary/aromatic N) is 2. The van der Waals surface area contributed by atoms with E-state index in [0.717, 1.165) is 44.7 Å². The molecule has 0 spiro atoms. The minimum absolute atomic E-state index is 0.144. The van der Waals surface area contributed by atoms with E-state index in [2.05, 4.69) is 24.1 Å². The molecule has 106 valence electrons. The number of non-ortho nitro benzene ring substituents is 1. The highest BCUT2D eigenvalue weighted by Gasteiger charge is 2.03. The molecule has 19 heavy (non-hydrogen) atoms. The van der Waals surface area contributed by atoms with Crippen LogP contribution in [0.1, 0.15) is 25.8 Å². The second kappa shape index (κ2) is 8.61. The van der Waals surface area contributed by atoms with Crippen LogP contribution in [0.25, 0.3) is 0 Å². The van der Waals surface area contributed by atoms with Gasteiger partial charge in [-0.05, 0) is 38.2 Å². The molecule has 0 aromatic heterocycles. The normalized spacial score (nSPS) is 10.9. The molecule has 0 saturated heterocycles. The Morgan fingerprint density at radius 1 is 1.21 bits per heavy atom. The summed E-state index contributed by atoms with van der Waals surface area (Å²) >= 11 is 0. The third-order valence-electron chi connectivity index (χ3n) is 3.20. The molecule has 0 heterocycles. The van der Waals surface area contributed by atoms with Crippen LogP contribution < -0.4 is 5.32 Å². The summed E-state index contributed by atoms with van der Waals surface area (Å²) < 4.78 is 0. The van der Waals surface area contributed by atoms with Crippen molar-refractivity contribution < 1.29 is 4.92 Å². The van der Waals surface area contributed by atoms with Gasteiger partial charge in [0.1, 0.15) is 0 Å². The fourth-order valence-electron chi connectivity index (χ4n) is 1.94. The first-order valence-electron chi connectivity index (χ1n) is 6.83. The lowest BCUT2D eigenvalue weighted by atomic mass is 10.2. The summed E-state index contributed by atoms with van der Waals surface area (Å²) in [5, 5.41) is 13.9. The topological polar surface area (TPSA) is 58.4 Å². The Kier molecular flexibility index (Phi) is 7.07. The zero-order valence-corrected chi connectivity index (χ0v) is 11.8. The molecular formula is C14H23N3O2. The Bertz CT molecular complexity index is 375. The Labute approximate surface area is 114 Å². The number of hydrogen-bond acceptors (Lipinski definition) is 4. The van der Waals surface area contributed by atoms with Crippen molar-refractivity contribution in [2.24, 2.45) is 0 Å². The van der Waals surface area contributed by atoms with Gasteiger partial charge in [-0.15, -0.1) is 0 Å². The van der Waals surface area contributed by atoms with Crippen LogP contribution in [0.4, 0.5) is 5.69 Å². The van der Waals surface area contributed by atoms with E-state index in [1.807, 2.05) is 0 Å². The van der Waals surface area contributed by atoms with Crippen LogP contribution in [0.3, 0.4) is 0 Å². The van der Waals surface area contributed by atoms with Crippen molar-refractivity contribution in [2.45, 2.75) is 26.8 Å². The van der Waals surface area contributed by atoms with Crippen molar-refractivity contribution in [3.63, 3.8) is 0 Å². The average Bonchev–Trinajstić information content (AvgIpc) is 2.43. The van der Waals surface area contributed by atoms with Gasteiger partial charge in [-0.2, -0.15) is 0 Å². The summed E-state index contributed by atoms with van der Waals surface area (Å²) in [5.41, 5.74) is 1.22. The summed E-state index contributed by atoms with van der Waals surface area (Å²) in [5.74, 6) is 0. The molecule has 0 fully saturated rings. The number of nitro groups is 1. The van der Waals surface area contributed by atoms with Crippen LogP contribution >= 0.6 is 0 Å². The van der Waals surface area contributed by atoms with Crippen molar-refractivity contribution in [2.75, 3.05) is 26.2 Å². The smallest absolute Gasteiger partial charge is 0.269 e. The van der Waals surface area contributed by atoms with Gasteiger partial charge in [-0.1, -0.05) is 26.0 Å². The molecule has 5 heteroatoms. The minimum Gasteiger partial charge on any atom is -0.313 e. The molecule has 0 aliphatic carbocycles. The Balaban J connectivity index is 2.20. The number of nitrogens with one attached hydrogen (secondary N) is 1. The molecule has 0 saturated carbocycles. The maximum atomic E-state index is 10.5. The van der Waals surface area contributed by atoms with Crippen LogP contribution in [0.15, 0.2) is 24.3 Å². The number of nitro benzene ring substituents is 1. The van der Waals surface area contributed by atoms with Crippen molar-refractivity contribution in [1.82, 2.24) is 10.2 Å². The first-order valence-corrected chi connectivity index (χ1v) is 6.83. The fraction of sp³-hybridized carbons (Fsp3) is 0.571. The fourth-order valence-corrected chi connectivity index (χ4v) is 1.94. The van der Waals surface area contributed by atoms with Crippen LogP contribution in [-0.4, -0.2) is 36.0 Å². The molecule has 0 aliphatic heterocycles. The highest BCUT2D eigenvalue weighted by atomic mass is 16.6. The molecule has 5 nitrogen and oxygen atoms in total. The molecular weight excluding hydrogens is 242 g/mol. The predicted octanol–water partition coefficient (Wildman–Crippen LogP) is 2.42. The maximum Gasteiger partial charge on any atom is 0.269 e. The highest BCUT2D eigenvalue weighted by molar-refractivity contribution is 5.32. The van der Waals surface area contributed by atoms with E-state index in [0.29, 0.717) is 0 Å². The number of benzene rings is 1. The van der Waals surface area contributed by atoms with E-state index in [1.54, 1.807) is 24.3 Å². The van der Waals surface area contributed by atoms with Crippen LogP contribution in [0.5, 0.6) is 0 Å². The minimum atomic E-state index is -0.374. The lowest BCUT2D eigenvalue weighted by molar-refractivity contribution is -0.384. The predicted molar refractivity (Wildman–Crippen MR) is 77.2 cm³/mol. The van der Waals surface area contributed by atoms with Gasteiger partial charge in [0.15, 0.2) is 0 Å². The van der Waals surface area contributed by atoms with E-state index >= 15 is 0 Å². The van der Waals surface area contributed by atoms with E-state index in [4.69, 9.17) is 0 Å². The van der Waals surface area contributed by atoms with Crippen LogP contribution in [0, 0.1) is 10.1 Å². The van der Waals surface area contributed by atoms with Crippen LogP contribution in [0.2, 0.25) is 0 Å². The summed E-state index contributed by atoms with van der Waals surface area (Å²) in [7, 11) is 0. The average molecular weight is 265 g/mol. The lowest BCUT2D eigenvalue weighted by Crippen LogP contribution is -2.27. The molecule has 1 aromatic carbocycles. The van der Waals surface area contributed by atoms with Crippen molar-refractivity contribution >= 4 is 5.69 Å². The number of rotatable bonds is 9. The first kappa shape index (κ1) is 15.6. The standard InChI is InChI=1S/C14H23N3O2/c1-3-16(4-2)11-5-10-15-12-13-6-8-14(9-7-13)17(18)19/h6-9,15H,3-5,10-12H2,1-2H3. The third kappa shape index (κ3) is 5.81. The second-order valence-electron chi connectivity index (χ2n) is 4.48. The zero-order chi connectivity index (χ0) is 14.1. The molecule has 0 amide bonds. The SMILES string of the molecule is CCN(CC)CCCNCc1ccc([N+](=O)[O-])cc1. The van der Waals surface area contributed by atoms with Gasteiger partial charge in [0.05, 0.1) is 4.92 Å². The highest BCUT2D eigenvalue weighted by Crippen LogP contribution is 2.11. The Hall–Kier alpha value is -1.46. The van der Waals surface area contributed by atoms with Gasteiger partial charge >= 0.3 is 0 Å². The monoisotopic (exact) mass is 265 g/mol. The summed E-state index contributed by atoms with van der Waals surface area (Å²) in [6.45, 7) is 9.38. The van der Waals surface area contributed by atoms with E-state index < -0.39 is 0 Å². The molecule has 0 unspecified atom stereocenters. The van der Waals surface area contributed by atoms with E-state index in [9.17, 15) is 10.1 Å². The largest absolute Gasteiger partial charge is 0.313 e. The van der Waals surface area contributed by atoms with Gasteiger partial charge in [-0.25, -0.2) is 0 Å². The van der Waals surface area contributed by atoms with Crippen molar-refractivity contribution in [1.29, 1.82) is 0 Å². The summed E-state index contributed by atoms with van der Waals surface area (Å²) in [4.78, 5) is 12.5. The van der Waals surface area contributed by atoms with Gasteiger partial charge < -0.3 is 10.2 Å². The molecule has 0 radical (unpaired) electrons. The summed E-state index contributed by atoms with van der Waals surface area (Å²) in [6.07, 6.45) is 1.12. The van der Waals surface area contributed by atoms with Gasteiger partial charge in [-0.3, -0.25) is 10.1 Å². The van der Waals surface area contributed by atoms with Crippen molar-refractivity contribution in [3.05, 3.63) is 39.9 Å². The third-order valence-corrected chi connectivity index (χ3v) is 3.20. The van der Waals surface area contributed by atoms with E-state index in [-0.39, 0.29) is 10.6 Å². The van der Waals surface area contributed by atoms with Gasteiger partial charge in [0.25, 0.3) is 5.69 Å². The lowest BCUT2D eigenvalue weighted by Gasteiger charge is -2.17. The van der Waals surface area contributed by atoms with E-state index in [1.165, 1.54) is 0 Å². The Morgan fingerprint density at radius 3 is 2.37 bits per heavy atom. The van der Waals surface area contributed by atoms with Crippen molar-refractivity contribution in [3.8, 4) is 0 Å². The first-order chi connectivity index (χ1) is 9.17. The molecule has 1 rings (SSSR count). The molecule has 1 N–H and O–H groups in total. The maximum absolute atomic E-state index is 10.5. The molecule has 1 aromatic rings. The van der Waals surface area contributed by atoms with Gasteiger partial charge in [0.2, 0.25) is 0 Å². The molecule has 0 aliphatic rings. The quantitative estimate of drug-likeness (QED) is 0.423.